The largest absolute Gasteiger partial charge is 0.380 e. The molecule has 1 aliphatic rings. The molecule has 0 unspecified atom stereocenters. The average Bonchev–Trinajstić information content (AvgIpc) is 3.12. The first-order chi connectivity index (χ1) is 17.5. The number of anilines is 3. The zero-order valence-corrected chi connectivity index (χ0v) is 22.0. The third kappa shape index (κ3) is 4.34. The number of nitrogens with zero attached hydrogens (tertiary/aromatic N) is 1. The molecule has 0 aliphatic heterocycles. The van der Waals surface area contributed by atoms with Gasteiger partial charge in [-0.15, -0.1) is 0 Å². The van der Waals surface area contributed by atoms with E-state index in [1.165, 1.54) is 27.8 Å². The second-order valence-corrected chi connectivity index (χ2v) is 10.1. The Morgan fingerprint density at radius 1 is 0.583 bits per heavy atom. The van der Waals surface area contributed by atoms with Crippen LogP contribution in [0.4, 0.5) is 17.1 Å². The first-order valence-corrected chi connectivity index (χ1v) is 12.7. The normalized spacial score (nSPS) is 13.4. The molecule has 0 fully saturated rings. The number of benzene rings is 4. The standard InChI is InChI=1S/C33H35NO2/c1-6-23-11-17-29-30-18-16-28(20-32(30)33(2,3)31(29)19-23)34(26-12-7-24(8-13-26)21-35-4)27-14-9-25(10-15-27)22-36-5/h7-20H,6,21-22H2,1-5H3. The lowest BCUT2D eigenvalue weighted by Gasteiger charge is -2.28. The summed E-state index contributed by atoms with van der Waals surface area (Å²) in [5, 5.41) is 0. The maximum absolute atomic E-state index is 5.33. The SMILES string of the molecule is CCc1ccc2c(c1)C(C)(C)c1cc(N(c3ccc(COC)cc3)c3ccc(COC)cc3)ccc1-2. The van der Waals surface area contributed by atoms with Gasteiger partial charge in [0.05, 0.1) is 13.2 Å². The van der Waals surface area contributed by atoms with Crippen molar-refractivity contribution in [2.75, 3.05) is 19.1 Å². The van der Waals surface area contributed by atoms with Crippen LogP contribution < -0.4 is 4.90 Å². The molecule has 0 N–H and O–H groups in total. The first kappa shape index (κ1) is 24.3. The molecule has 5 rings (SSSR count). The van der Waals surface area contributed by atoms with Crippen molar-refractivity contribution in [2.24, 2.45) is 0 Å². The molecule has 0 radical (unpaired) electrons. The molecule has 0 atom stereocenters. The molecule has 4 aromatic carbocycles. The van der Waals surface area contributed by atoms with Gasteiger partial charge >= 0.3 is 0 Å². The molecular formula is C33H35NO2. The average molecular weight is 478 g/mol. The van der Waals surface area contributed by atoms with E-state index in [0.29, 0.717) is 13.2 Å². The molecule has 0 saturated carbocycles. The molecule has 36 heavy (non-hydrogen) atoms. The summed E-state index contributed by atoms with van der Waals surface area (Å²) in [6.07, 6.45) is 1.05. The Kier molecular flexibility index (Phi) is 6.70. The van der Waals surface area contributed by atoms with E-state index in [0.717, 1.165) is 34.6 Å². The number of methoxy groups -OCH3 is 2. The minimum atomic E-state index is -0.0534. The molecule has 0 heterocycles. The van der Waals surface area contributed by atoms with Crippen molar-refractivity contribution < 1.29 is 9.47 Å². The summed E-state index contributed by atoms with van der Waals surface area (Å²) in [5.74, 6) is 0. The molecule has 4 aromatic rings. The van der Waals surface area contributed by atoms with Gasteiger partial charge in [0, 0.05) is 36.7 Å². The second-order valence-electron chi connectivity index (χ2n) is 10.1. The van der Waals surface area contributed by atoms with Crippen LogP contribution in [0.5, 0.6) is 0 Å². The lowest BCUT2D eigenvalue weighted by molar-refractivity contribution is 0.185. The molecule has 0 aromatic heterocycles. The van der Waals surface area contributed by atoms with E-state index in [1.807, 2.05) is 0 Å². The van der Waals surface area contributed by atoms with Crippen LogP contribution in [0.2, 0.25) is 0 Å². The van der Waals surface area contributed by atoms with Gasteiger partial charge in [0.2, 0.25) is 0 Å². The van der Waals surface area contributed by atoms with Crippen LogP contribution in [-0.4, -0.2) is 14.2 Å². The summed E-state index contributed by atoms with van der Waals surface area (Å²) in [6, 6.07) is 31.2. The Morgan fingerprint density at radius 3 is 1.53 bits per heavy atom. The molecule has 1 aliphatic carbocycles. The lowest BCUT2D eigenvalue weighted by Crippen LogP contribution is -2.17. The van der Waals surface area contributed by atoms with E-state index < -0.39 is 0 Å². The first-order valence-electron chi connectivity index (χ1n) is 12.7. The summed E-state index contributed by atoms with van der Waals surface area (Å²) < 4.78 is 10.7. The van der Waals surface area contributed by atoms with Gasteiger partial charge in [-0.25, -0.2) is 0 Å². The maximum atomic E-state index is 5.33. The fourth-order valence-electron chi connectivity index (χ4n) is 5.39. The quantitative estimate of drug-likeness (QED) is 0.255. The topological polar surface area (TPSA) is 21.7 Å². The minimum Gasteiger partial charge on any atom is -0.380 e. The Labute approximate surface area is 215 Å². The van der Waals surface area contributed by atoms with Crippen LogP contribution in [0.15, 0.2) is 84.9 Å². The molecular weight excluding hydrogens is 442 g/mol. The number of hydrogen-bond donors (Lipinski definition) is 0. The van der Waals surface area contributed by atoms with Gasteiger partial charge in [0.25, 0.3) is 0 Å². The van der Waals surface area contributed by atoms with Crippen molar-refractivity contribution in [3.63, 3.8) is 0 Å². The maximum Gasteiger partial charge on any atom is 0.0713 e. The van der Waals surface area contributed by atoms with Crippen molar-refractivity contribution in [3.8, 4) is 11.1 Å². The smallest absolute Gasteiger partial charge is 0.0713 e. The third-order valence-electron chi connectivity index (χ3n) is 7.40. The molecule has 3 heteroatoms. The minimum absolute atomic E-state index is 0.0534. The van der Waals surface area contributed by atoms with Crippen molar-refractivity contribution >= 4 is 17.1 Å². The van der Waals surface area contributed by atoms with E-state index in [1.54, 1.807) is 14.2 Å². The van der Waals surface area contributed by atoms with Gasteiger partial charge in [-0.05, 0) is 81.8 Å². The van der Waals surface area contributed by atoms with Gasteiger partial charge in [-0.2, -0.15) is 0 Å². The summed E-state index contributed by atoms with van der Waals surface area (Å²) in [7, 11) is 3.46. The van der Waals surface area contributed by atoms with Crippen LogP contribution in [0.25, 0.3) is 11.1 Å². The summed E-state index contributed by atoms with van der Waals surface area (Å²) >= 11 is 0. The van der Waals surface area contributed by atoms with Crippen molar-refractivity contribution in [1.29, 1.82) is 0 Å². The van der Waals surface area contributed by atoms with Crippen LogP contribution in [0.1, 0.15) is 48.6 Å². The van der Waals surface area contributed by atoms with Crippen LogP contribution in [-0.2, 0) is 34.5 Å². The molecule has 184 valence electrons. The van der Waals surface area contributed by atoms with E-state index in [2.05, 4.69) is 111 Å². The second kappa shape index (κ2) is 9.93. The number of aryl methyl sites for hydroxylation is 1. The highest BCUT2D eigenvalue weighted by atomic mass is 16.5. The predicted octanol–water partition coefficient (Wildman–Crippen LogP) is 8.32. The fraction of sp³-hybridized carbons (Fsp3) is 0.273. The number of hydrogen-bond acceptors (Lipinski definition) is 3. The van der Waals surface area contributed by atoms with Gasteiger partial charge < -0.3 is 14.4 Å². The third-order valence-corrected chi connectivity index (χ3v) is 7.40. The van der Waals surface area contributed by atoms with Crippen LogP contribution >= 0.6 is 0 Å². The van der Waals surface area contributed by atoms with Crippen LogP contribution in [0.3, 0.4) is 0 Å². The Balaban J connectivity index is 1.61. The van der Waals surface area contributed by atoms with E-state index in [4.69, 9.17) is 9.47 Å². The predicted molar refractivity (Wildman–Crippen MR) is 149 cm³/mol. The zero-order chi connectivity index (χ0) is 25.3. The van der Waals surface area contributed by atoms with Crippen LogP contribution in [0, 0.1) is 0 Å². The van der Waals surface area contributed by atoms with Gasteiger partial charge in [-0.3, -0.25) is 0 Å². The van der Waals surface area contributed by atoms with E-state index >= 15 is 0 Å². The number of ether oxygens (including phenoxy) is 2. The highest BCUT2D eigenvalue weighted by Gasteiger charge is 2.36. The van der Waals surface area contributed by atoms with Crippen molar-refractivity contribution in [3.05, 3.63) is 113 Å². The summed E-state index contributed by atoms with van der Waals surface area (Å²) in [6.45, 7) is 8.14. The molecule has 0 bridgehead atoms. The van der Waals surface area contributed by atoms with E-state index in [9.17, 15) is 0 Å². The molecule has 0 saturated heterocycles. The Morgan fingerprint density at radius 2 is 1.03 bits per heavy atom. The van der Waals surface area contributed by atoms with Crippen molar-refractivity contribution in [1.82, 2.24) is 0 Å². The Hall–Kier alpha value is -3.40. The summed E-state index contributed by atoms with van der Waals surface area (Å²) in [4.78, 5) is 2.34. The number of rotatable bonds is 8. The van der Waals surface area contributed by atoms with Gasteiger partial charge in [0.1, 0.15) is 0 Å². The monoisotopic (exact) mass is 477 g/mol. The molecule has 0 spiro atoms. The Bertz CT molecular complexity index is 1300. The zero-order valence-electron chi connectivity index (χ0n) is 22.0. The fourth-order valence-corrected chi connectivity index (χ4v) is 5.39. The van der Waals surface area contributed by atoms with E-state index in [-0.39, 0.29) is 5.41 Å². The van der Waals surface area contributed by atoms with Gasteiger partial charge in [0.15, 0.2) is 0 Å². The molecule has 0 amide bonds. The highest BCUT2D eigenvalue weighted by Crippen LogP contribution is 2.51. The lowest BCUT2D eigenvalue weighted by atomic mass is 9.81. The molecule has 3 nitrogen and oxygen atoms in total. The summed E-state index contributed by atoms with van der Waals surface area (Å²) in [5.41, 5.74) is 12.6. The van der Waals surface area contributed by atoms with Gasteiger partial charge in [-0.1, -0.05) is 69.3 Å². The highest BCUT2D eigenvalue weighted by molar-refractivity contribution is 5.85. The van der Waals surface area contributed by atoms with Crippen molar-refractivity contribution in [2.45, 2.75) is 45.8 Å². The number of fused-ring (bicyclic) bond motifs is 3.